The third-order valence-electron chi connectivity index (χ3n) is 3.41. The Bertz CT molecular complexity index is 430. The van der Waals surface area contributed by atoms with Crippen LogP contribution in [0.25, 0.3) is 0 Å². The predicted octanol–water partition coefficient (Wildman–Crippen LogP) is 3.66. The third kappa shape index (κ3) is 3.72. The fourth-order valence-electron chi connectivity index (χ4n) is 2.56. The van der Waals surface area contributed by atoms with Crippen molar-refractivity contribution in [2.75, 3.05) is 6.54 Å². The topological polar surface area (TPSA) is 33.2 Å². The lowest BCUT2D eigenvalue weighted by molar-refractivity contribution is -0.132. The smallest absolute Gasteiger partial charge is 0.219 e. The molecule has 4 heteroatoms. The Hall–Kier alpha value is -1.03. The van der Waals surface area contributed by atoms with Crippen molar-refractivity contribution in [3.05, 3.63) is 23.9 Å². The molecule has 1 amide bonds. The van der Waals surface area contributed by atoms with Crippen molar-refractivity contribution in [1.29, 1.82) is 0 Å². The number of carbonyl (C=O) groups is 1. The van der Waals surface area contributed by atoms with E-state index in [2.05, 4.69) is 31.0 Å². The van der Waals surface area contributed by atoms with Gasteiger partial charge in [-0.05, 0) is 30.9 Å². The zero-order valence-electron chi connectivity index (χ0n) is 11.9. The van der Waals surface area contributed by atoms with Crippen LogP contribution in [0.4, 0.5) is 0 Å². The maximum Gasteiger partial charge on any atom is 0.219 e. The highest BCUT2D eigenvalue weighted by Gasteiger charge is 2.25. The standard InChI is InChI=1S/C15H22N2OS/c1-11(2)19-15-8-7-13(10-16-15)14-6-4-5-9-17(14)12(3)18/h7-8,10-11,14H,4-6,9H2,1-3H3. The second-order valence-electron chi connectivity index (χ2n) is 5.32. The first-order valence-electron chi connectivity index (χ1n) is 6.97. The molecule has 0 aromatic carbocycles. The van der Waals surface area contributed by atoms with Gasteiger partial charge in [0, 0.05) is 24.9 Å². The van der Waals surface area contributed by atoms with Crippen molar-refractivity contribution in [2.24, 2.45) is 0 Å². The number of amides is 1. The quantitative estimate of drug-likeness (QED) is 0.791. The van der Waals surface area contributed by atoms with Crippen molar-refractivity contribution >= 4 is 17.7 Å². The normalized spacial score (nSPS) is 19.8. The van der Waals surface area contributed by atoms with Crippen LogP contribution >= 0.6 is 11.8 Å². The van der Waals surface area contributed by atoms with E-state index in [1.54, 1.807) is 18.7 Å². The number of hydrogen-bond donors (Lipinski definition) is 0. The molecule has 0 aliphatic carbocycles. The summed E-state index contributed by atoms with van der Waals surface area (Å²) in [6.07, 6.45) is 5.30. The lowest BCUT2D eigenvalue weighted by Gasteiger charge is -2.35. The Morgan fingerprint density at radius 2 is 2.21 bits per heavy atom. The molecule has 19 heavy (non-hydrogen) atoms. The molecule has 1 fully saturated rings. The molecule has 1 saturated heterocycles. The van der Waals surface area contributed by atoms with Gasteiger partial charge in [-0.1, -0.05) is 19.9 Å². The SMILES string of the molecule is CC(=O)N1CCCCC1c1ccc(SC(C)C)nc1. The van der Waals surface area contributed by atoms with E-state index in [1.807, 2.05) is 11.1 Å². The molecule has 1 atom stereocenters. The maximum absolute atomic E-state index is 11.7. The fraction of sp³-hybridized carbons (Fsp3) is 0.600. The van der Waals surface area contributed by atoms with E-state index in [1.165, 1.54) is 12.0 Å². The molecule has 0 bridgehead atoms. The fourth-order valence-corrected chi connectivity index (χ4v) is 3.30. The molecule has 1 aromatic rings. The summed E-state index contributed by atoms with van der Waals surface area (Å²) in [6, 6.07) is 4.42. The highest BCUT2D eigenvalue weighted by Crippen LogP contribution is 2.31. The number of rotatable bonds is 3. The van der Waals surface area contributed by atoms with Crippen LogP contribution in [-0.2, 0) is 4.79 Å². The lowest BCUT2D eigenvalue weighted by atomic mass is 9.96. The molecule has 1 aliphatic rings. The predicted molar refractivity (Wildman–Crippen MR) is 79.2 cm³/mol. The van der Waals surface area contributed by atoms with Gasteiger partial charge in [-0.15, -0.1) is 11.8 Å². The molecule has 0 saturated carbocycles. The first-order valence-corrected chi connectivity index (χ1v) is 7.85. The number of thioether (sulfide) groups is 1. The van der Waals surface area contributed by atoms with E-state index >= 15 is 0 Å². The summed E-state index contributed by atoms with van der Waals surface area (Å²) in [7, 11) is 0. The highest BCUT2D eigenvalue weighted by atomic mass is 32.2. The zero-order chi connectivity index (χ0) is 13.8. The van der Waals surface area contributed by atoms with Gasteiger partial charge in [0.2, 0.25) is 5.91 Å². The minimum atomic E-state index is 0.172. The Kier molecular flexibility index (Phi) is 4.86. The Balaban J connectivity index is 2.13. The van der Waals surface area contributed by atoms with Crippen LogP contribution in [0.5, 0.6) is 0 Å². The van der Waals surface area contributed by atoms with Crippen LogP contribution in [0.15, 0.2) is 23.4 Å². The first-order chi connectivity index (χ1) is 9.08. The Labute approximate surface area is 119 Å². The van der Waals surface area contributed by atoms with Gasteiger partial charge in [0.1, 0.15) is 0 Å². The van der Waals surface area contributed by atoms with Crippen LogP contribution in [0.3, 0.4) is 0 Å². The van der Waals surface area contributed by atoms with Gasteiger partial charge in [0.15, 0.2) is 0 Å². The second-order valence-corrected chi connectivity index (χ2v) is 6.92. The van der Waals surface area contributed by atoms with Gasteiger partial charge in [-0.2, -0.15) is 0 Å². The molecule has 1 unspecified atom stereocenters. The Morgan fingerprint density at radius 3 is 2.79 bits per heavy atom. The third-order valence-corrected chi connectivity index (χ3v) is 4.36. The summed E-state index contributed by atoms with van der Waals surface area (Å²) in [5.74, 6) is 0.172. The van der Waals surface area contributed by atoms with Crippen LogP contribution in [-0.4, -0.2) is 27.6 Å². The van der Waals surface area contributed by atoms with Gasteiger partial charge >= 0.3 is 0 Å². The summed E-state index contributed by atoms with van der Waals surface area (Å²) >= 11 is 1.77. The van der Waals surface area contributed by atoms with Crippen LogP contribution in [0, 0.1) is 0 Å². The van der Waals surface area contributed by atoms with Gasteiger partial charge in [0.25, 0.3) is 0 Å². The number of carbonyl (C=O) groups excluding carboxylic acids is 1. The maximum atomic E-state index is 11.7. The van der Waals surface area contributed by atoms with Crippen molar-refractivity contribution in [1.82, 2.24) is 9.88 Å². The van der Waals surface area contributed by atoms with Crippen LogP contribution in [0.1, 0.15) is 51.6 Å². The summed E-state index contributed by atoms with van der Waals surface area (Å²) in [4.78, 5) is 18.2. The molecule has 1 aromatic heterocycles. The molecule has 0 spiro atoms. The minimum absolute atomic E-state index is 0.172. The van der Waals surface area contributed by atoms with E-state index in [9.17, 15) is 4.79 Å². The van der Waals surface area contributed by atoms with E-state index in [0.29, 0.717) is 5.25 Å². The minimum Gasteiger partial charge on any atom is -0.336 e. The lowest BCUT2D eigenvalue weighted by Crippen LogP contribution is -2.36. The van der Waals surface area contributed by atoms with E-state index in [4.69, 9.17) is 0 Å². The molecular weight excluding hydrogens is 256 g/mol. The van der Waals surface area contributed by atoms with Crippen molar-refractivity contribution in [3.63, 3.8) is 0 Å². The molecule has 2 rings (SSSR count). The summed E-state index contributed by atoms with van der Waals surface area (Å²) in [5.41, 5.74) is 1.17. The summed E-state index contributed by atoms with van der Waals surface area (Å²) in [5, 5.41) is 1.60. The van der Waals surface area contributed by atoms with Gasteiger partial charge in [0.05, 0.1) is 11.1 Å². The van der Waals surface area contributed by atoms with Gasteiger partial charge in [-0.3, -0.25) is 4.79 Å². The highest BCUT2D eigenvalue weighted by molar-refractivity contribution is 7.99. The molecule has 0 radical (unpaired) electrons. The number of hydrogen-bond acceptors (Lipinski definition) is 3. The Morgan fingerprint density at radius 1 is 1.42 bits per heavy atom. The average molecular weight is 278 g/mol. The van der Waals surface area contributed by atoms with E-state index in [-0.39, 0.29) is 11.9 Å². The van der Waals surface area contributed by atoms with E-state index < -0.39 is 0 Å². The second kappa shape index (κ2) is 6.42. The molecule has 2 heterocycles. The zero-order valence-corrected chi connectivity index (χ0v) is 12.7. The van der Waals surface area contributed by atoms with E-state index in [0.717, 1.165) is 24.4 Å². The average Bonchev–Trinajstić information content (AvgIpc) is 2.39. The largest absolute Gasteiger partial charge is 0.336 e. The van der Waals surface area contributed by atoms with Crippen molar-refractivity contribution < 1.29 is 4.79 Å². The van der Waals surface area contributed by atoms with Crippen LogP contribution < -0.4 is 0 Å². The number of likely N-dealkylation sites (tertiary alicyclic amines) is 1. The number of nitrogens with zero attached hydrogens (tertiary/aromatic N) is 2. The molecule has 0 N–H and O–H groups in total. The summed E-state index contributed by atoms with van der Waals surface area (Å²) < 4.78 is 0. The first kappa shape index (κ1) is 14.4. The van der Waals surface area contributed by atoms with Crippen LogP contribution in [0.2, 0.25) is 0 Å². The molecular formula is C15H22N2OS. The van der Waals surface area contributed by atoms with Gasteiger partial charge in [-0.25, -0.2) is 4.98 Å². The summed E-state index contributed by atoms with van der Waals surface area (Å²) in [6.45, 7) is 6.87. The monoisotopic (exact) mass is 278 g/mol. The number of aromatic nitrogens is 1. The molecule has 3 nitrogen and oxygen atoms in total. The number of pyridine rings is 1. The van der Waals surface area contributed by atoms with Crippen molar-refractivity contribution in [3.8, 4) is 0 Å². The van der Waals surface area contributed by atoms with Crippen molar-refractivity contribution in [2.45, 2.75) is 56.4 Å². The molecule has 104 valence electrons. The molecule has 1 aliphatic heterocycles. The van der Waals surface area contributed by atoms with Gasteiger partial charge < -0.3 is 4.90 Å². The number of piperidine rings is 1.